The molecule has 2 aromatic rings. The minimum atomic E-state index is -4.51. The molecule has 0 aliphatic carbocycles. The number of hydrogen-bond donors (Lipinski definition) is 1. The van der Waals surface area contributed by atoms with Crippen LogP contribution in [0.2, 0.25) is 0 Å². The van der Waals surface area contributed by atoms with Crippen molar-refractivity contribution in [3.05, 3.63) is 64.1 Å². The summed E-state index contributed by atoms with van der Waals surface area (Å²) in [5.41, 5.74) is 3.10. The van der Waals surface area contributed by atoms with Crippen LogP contribution in [0.5, 0.6) is 0 Å². The van der Waals surface area contributed by atoms with Crippen LogP contribution in [-0.4, -0.2) is 10.5 Å². The minimum absolute atomic E-state index is 0.00734. The summed E-state index contributed by atoms with van der Waals surface area (Å²) in [6.45, 7) is 0. The third kappa shape index (κ3) is 2.56. The van der Waals surface area contributed by atoms with Gasteiger partial charge in [-0.15, -0.1) is 0 Å². The second kappa shape index (κ2) is 4.84. The maximum absolute atomic E-state index is 12.6. The maximum atomic E-state index is 12.6. The second-order valence-corrected chi connectivity index (χ2v) is 4.01. The van der Waals surface area contributed by atoms with Crippen molar-refractivity contribution in [1.29, 1.82) is 0 Å². The predicted octanol–water partition coefficient (Wildman–Crippen LogP) is 1.96. The fourth-order valence-electron chi connectivity index (χ4n) is 1.72. The number of primary amides is 1. The van der Waals surface area contributed by atoms with E-state index in [-0.39, 0.29) is 11.3 Å². The molecule has 7 heteroatoms. The summed E-state index contributed by atoms with van der Waals surface area (Å²) in [5, 5.41) is 0. The topological polar surface area (TPSA) is 65.1 Å². The Balaban J connectivity index is 2.61. The number of rotatable bonds is 2. The summed E-state index contributed by atoms with van der Waals surface area (Å²) in [5.74, 6) is -0.934. The Hall–Kier alpha value is -2.57. The van der Waals surface area contributed by atoms with Gasteiger partial charge in [0.25, 0.3) is 11.5 Å². The zero-order valence-electron chi connectivity index (χ0n) is 10.0. The lowest BCUT2D eigenvalue weighted by molar-refractivity contribution is -0.137. The highest BCUT2D eigenvalue weighted by molar-refractivity contribution is 5.92. The molecule has 0 atom stereocenters. The number of halogens is 3. The molecule has 2 N–H and O–H groups in total. The van der Waals surface area contributed by atoms with Crippen LogP contribution in [0.25, 0.3) is 5.69 Å². The van der Waals surface area contributed by atoms with Crippen LogP contribution in [-0.2, 0) is 6.18 Å². The summed E-state index contributed by atoms with van der Waals surface area (Å²) < 4.78 is 38.8. The zero-order valence-corrected chi connectivity index (χ0v) is 10.0. The third-order valence-electron chi connectivity index (χ3n) is 2.66. The molecule has 0 bridgehead atoms. The van der Waals surface area contributed by atoms with Crippen molar-refractivity contribution in [2.45, 2.75) is 6.18 Å². The molecule has 0 saturated carbocycles. The maximum Gasteiger partial charge on any atom is 0.416 e. The first-order chi connectivity index (χ1) is 9.30. The van der Waals surface area contributed by atoms with Crippen LogP contribution in [0.15, 0.2) is 47.4 Å². The number of carbonyl (C=O) groups excluding carboxylic acids is 1. The zero-order chi connectivity index (χ0) is 14.9. The number of alkyl halides is 3. The van der Waals surface area contributed by atoms with Crippen molar-refractivity contribution < 1.29 is 18.0 Å². The molecule has 0 fully saturated rings. The summed E-state index contributed by atoms with van der Waals surface area (Å²) >= 11 is 0. The van der Waals surface area contributed by atoms with Crippen LogP contribution in [0.3, 0.4) is 0 Å². The molecular weight excluding hydrogens is 273 g/mol. The number of nitrogens with two attached hydrogens (primary N) is 1. The monoisotopic (exact) mass is 282 g/mol. The molecule has 2 rings (SSSR count). The molecule has 1 aromatic heterocycles. The highest BCUT2D eigenvalue weighted by Gasteiger charge is 2.30. The summed E-state index contributed by atoms with van der Waals surface area (Å²) in [7, 11) is 0. The Bertz CT molecular complexity index is 720. The Kier molecular flexibility index (Phi) is 3.35. The quantitative estimate of drug-likeness (QED) is 0.915. The highest BCUT2D eigenvalue weighted by Crippen LogP contribution is 2.30. The number of nitrogens with zero attached hydrogens (tertiary/aromatic N) is 1. The van der Waals surface area contributed by atoms with E-state index in [0.29, 0.717) is 0 Å². The van der Waals surface area contributed by atoms with E-state index in [4.69, 9.17) is 5.73 Å². The normalized spacial score (nSPS) is 11.3. The van der Waals surface area contributed by atoms with Crippen molar-refractivity contribution >= 4 is 5.91 Å². The Morgan fingerprint density at radius 3 is 2.45 bits per heavy atom. The standard InChI is InChI=1S/C13H9F3N2O2/c14-13(15,16)8-3-1-4-9(7-8)18-6-2-5-10(11(17)19)12(18)20/h1-7H,(H2,17,19). The van der Waals surface area contributed by atoms with Gasteiger partial charge in [-0.2, -0.15) is 13.2 Å². The van der Waals surface area contributed by atoms with Crippen molar-refractivity contribution in [2.24, 2.45) is 5.73 Å². The average Bonchev–Trinajstić information content (AvgIpc) is 2.38. The first-order valence-corrected chi connectivity index (χ1v) is 5.50. The van der Waals surface area contributed by atoms with Gasteiger partial charge in [0.2, 0.25) is 0 Å². The van der Waals surface area contributed by atoms with E-state index in [1.165, 1.54) is 30.5 Å². The van der Waals surface area contributed by atoms with Gasteiger partial charge in [0.15, 0.2) is 0 Å². The van der Waals surface area contributed by atoms with Gasteiger partial charge in [-0.3, -0.25) is 14.2 Å². The molecule has 4 nitrogen and oxygen atoms in total. The van der Waals surface area contributed by atoms with Gasteiger partial charge in [-0.25, -0.2) is 0 Å². The molecule has 0 unspecified atom stereocenters. The number of carbonyl (C=O) groups is 1. The second-order valence-electron chi connectivity index (χ2n) is 4.01. The van der Waals surface area contributed by atoms with Gasteiger partial charge in [0, 0.05) is 11.9 Å². The van der Waals surface area contributed by atoms with Crippen LogP contribution in [0, 0.1) is 0 Å². The van der Waals surface area contributed by atoms with Crippen molar-refractivity contribution in [3.8, 4) is 5.69 Å². The van der Waals surface area contributed by atoms with Gasteiger partial charge in [-0.05, 0) is 30.3 Å². The van der Waals surface area contributed by atoms with Crippen LogP contribution in [0.1, 0.15) is 15.9 Å². The Morgan fingerprint density at radius 2 is 1.85 bits per heavy atom. The van der Waals surface area contributed by atoms with E-state index < -0.39 is 23.2 Å². The van der Waals surface area contributed by atoms with Gasteiger partial charge >= 0.3 is 6.18 Å². The van der Waals surface area contributed by atoms with Crippen molar-refractivity contribution in [2.75, 3.05) is 0 Å². The summed E-state index contributed by atoms with van der Waals surface area (Å²) in [4.78, 5) is 23.0. The third-order valence-corrected chi connectivity index (χ3v) is 2.66. The molecule has 0 radical (unpaired) electrons. The highest BCUT2D eigenvalue weighted by atomic mass is 19.4. The van der Waals surface area contributed by atoms with E-state index in [1.807, 2.05) is 0 Å². The van der Waals surface area contributed by atoms with E-state index in [2.05, 4.69) is 0 Å². The first-order valence-electron chi connectivity index (χ1n) is 5.50. The van der Waals surface area contributed by atoms with Gasteiger partial charge in [0.1, 0.15) is 5.56 Å². The summed E-state index contributed by atoms with van der Waals surface area (Å²) in [6, 6.07) is 6.82. The molecule has 0 saturated heterocycles. The molecule has 1 heterocycles. The van der Waals surface area contributed by atoms with Crippen LogP contribution < -0.4 is 11.3 Å². The van der Waals surface area contributed by atoms with E-state index >= 15 is 0 Å². The fourth-order valence-corrected chi connectivity index (χ4v) is 1.72. The van der Waals surface area contributed by atoms with Gasteiger partial charge < -0.3 is 5.73 Å². The summed E-state index contributed by atoms with van der Waals surface area (Å²) in [6.07, 6.45) is -3.24. The smallest absolute Gasteiger partial charge is 0.365 e. The molecule has 1 amide bonds. The Labute approximate surface area is 111 Å². The lowest BCUT2D eigenvalue weighted by Crippen LogP contribution is -2.28. The lowest BCUT2D eigenvalue weighted by atomic mass is 10.2. The lowest BCUT2D eigenvalue weighted by Gasteiger charge is -2.10. The number of benzene rings is 1. The number of aromatic nitrogens is 1. The first kappa shape index (κ1) is 13.9. The largest absolute Gasteiger partial charge is 0.416 e. The van der Waals surface area contributed by atoms with Crippen molar-refractivity contribution in [1.82, 2.24) is 4.57 Å². The van der Waals surface area contributed by atoms with Crippen LogP contribution in [0.4, 0.5) is 13.2 Å². The van der Waals surface area contributed by atoms with E-state index in [1.54, 1.807) is 0 Å². The molecule has 104 valence electrons. The number of amides is 1. The van der Waals surface area contributed by atoms with Crippen molar-refractivity contribution in [3.63, 3.8) is 0 Å². The SMILES string of the molecule is NC(=O)c1cccn(-c2cccc(C(F)(F)F)c2)c1=O. The Morgan fingerprint density at radius 1 is 1.15 bits per heavy atom. The van der Waals surface area contributed by atoms with Crippen LogP contribution >= 0.6 is 0 Å². The molecule has 0 aliphatic heterocycles. The minimum Gasteiger partial charge on any atom is -0.365 e. The van der Waals surface area contributed by atoms with Gasteiger partial charge in [-0.1, -0.05) is 6.07 Å². The predicted molar refractivity (Wildman–Crippen MR) is 65.6 cm³/mol. The molecule has 20 heavy (non-hydrogen) atoms. The van der Waals surface area contributed by atoms with E-state index in [0.717, 1.165) is 16.7 Å². The molecule has 1 aromatic carbocycles. The number of pyridine rings is 1. The molecule has 0 aliphatic rings. The molecular formula is C13H9F3N2O2. The number of hydrogen-bond acceptors (Lipinski definition) is 2. The average molecular weight is 282 g/mol. The van der Waals surface area contributed by atoms with E-state index in [9.17, 15) is 22.8 Å². The fraction of sp³-hybridized carbons (Fsp3) is 0.0769. The van der Waals surface area contributed by atoms with Gasteiger partial charge in [0.05, 0.1) is 5.56 Å². The molecule has 0 spiro atoms.